The maximum atomic E-state index is 13.6. The first-order valence-electron chi connectivity index (χ1n) is 18.2. The Hall–Kier alpha value is -6.14. The molecule has 6 rings (SSSR count). The highest BCUT2D eigenvalue weighted by molar-refractivity contribution is 5.90. The SMILES string of the molecule is CC(=O)OC[C@H]1O[C@H](OCCOC(c2ccccc2)(c2ccccc2)c2ccccc2)[C@@H](OC(=O)c2ccccc2)[C@@H](OC(=O)c2ccccc2)[C@@H]1OC(C)=O. The Morgan fingerprint density at radius 3 is 1.38 bits per heavy atom. The Bertz CT molecular complexity index is 1930. The van der Waals surface area contributed by atoms with Crippen LogP contribution in [0.4, 0.5) is 0 Å². The number of benzene rings is 5. The van der Waals surface area contributed by atoms with Gasteiger partial charge in [-0.25, -0.2) is 9.59 Å². The van der Waals surface area contributed by atoms with Crippen LogP contribution in [-0.2, 0) is 48.3 Å². The molecule has 0 bridgehead atoms. The van der Waals surface area contributed by atoms with E-state index in [4.69, 9.17) is 33.2 Å². The second-order valence-electron chi connectivity index (χ2n) is 12.9. The molecule has 288 valence electrons. The Morgan fingerprint density at radius 1 is 0.518 bits per heavy atom. The van der Waals surface area contributed by atoms with Crippen LogP contribution < -0.4 is 0 Å². The first-order valence-corrected chi connectivity index (χ1v) is 18.2. The summed E-state index contributed by atoms with van der Waals surface area (Å²) in [6.45, 7) is 1.86. The van der Waals surface area contributed by atoms with Gasteiger partial charge in [-0.05, 0) is 41.0 Å². The zero-order chi connectivity index (χ0) is 39.3. The molecule has 1 fully saturated rings. The van der Waals surface area contributed by atoms with Crippen LogP contribution >= 0.6 is 0 Å². The molecule has 11 nitrogen and oxygen atoms in total. The van der Waals surface area contributed by atoms with Gasteiger partial charge in [0.1, 0.15) is 18.3 Å². The Kier molecular flexibility index (Phi) is 13.4. The summed E-state index contributed by atoms with van der Waals surface area (Å²) >= 11 is 0. The highest BCUT2D eigenvalue weighted by atomic mass is 16.7. The number of ether oxygens (including phenoxy) is 7. The summed E-state index contributed by atoms with van der Waals surface area (Å²) in [6, 6.07) is 45.7. The predicted octanol–water partition coefficient (Wildman–Crippen LogP) is 6.68. The largest absolute Gasteiger partial charge is 0.463 e. The van der Waals surface area contributed by atoms with E-state index in [-0.39, 0.29) is 24.3 Å². The highest BCUT2D eigenvalue weighted by Crippen LogP contribution is 2.40. The summed E-state index contributed by atoms with van der Waals surface area (Å²) in [5, 5.41) is 0. The third kappa shape index (κ3) is 9.56. The van der Waals surface area contributed by atoms with E-state index in [2.05, 4.69) is 0 Å². The molecule has 11 heteroatoms. The van der Waals surface area contributed by atoms with Gasteiger partial charge in [-0.1, -0.05) is 127 Å². The molecule has 0 saturated carbocycles. The fraction of sp³-hybridized carbons (Fsp3) is 0.244. The van der Waals surface area contributed by atoms with E-state index in [1.807, 2.05) is 91.0 Å². The van der Waals surface area contributed by atoms with E-state index in [1.54, 1.807) is 60.7 Å². The Morgan fingerprint density at radius 2 is 0.946 bits per heavy atom. The summed E-state index contributed by atoms with van der Waals surface area (Å²) in [4.78, 5) is 51.7. The van der Waals surface area contributed by atoms with E-state index < -0.39 is 66.8 Å². The molecule has 0 N–H and O–H groups in total. The summed E-state index contributed by atoms with van der Waals surface area (Å²) < 4.78 is 42.5. The van der Waals surface area contributed by atoms with Crippen molar-refractivity contribution in [2.24, 2.45) is 0 Å². The molecule has 0 unspecified atom stereocenters. The molecule has 0 radical (unpaired) electrons. The minimum absolute atomic E-state index is 0.00560. The minimum atomic E-state index is -1.48. The van der Waals surface area contributed by atoms with Crippen LogP contribution in [0.5, 0.6) is 0 Å². The smallest absolute Gasteiger partial charge is 0.338 e. The molecule has 1 heterocycles. The molecular weight excluding hydrogens is 716 g/mol. The molecule has 1 aliphatic heterocycles. The van der Waals surface area contributed by atoms with Crippen molar-refractivity contribution in [2.75, 3.05) is 19.8 Å². The van der Waals surface area contributed by atoms with E-state index in [1.165, 1.54) is 13.8 Å². The van der Waals surface area contributed by atoms with Gasteiger partial charge in [0, 0.05) is 13.8 Å². The molecule has 0 amide bonds. The molecule has 0 spiro atoms. The third-order valence-electron chi connectivity index (χ3n) is 9.07. The molecule has 0 aliphatic carbocycles. The van der Waals surface area contributed by atoms with Gasteiger partial charge >= 0.3 is 23.9 Å². The minimum Gasteiger partial charge on any atom is -0.463 e. The molecule has 5 atom stereocenters. The number of rotatable bonds is 15. The monoisotopic (exact) mass is 758 g/mol. The lowest BCUT2D eigenvalue weighted by atomic mass is 9.80. The molecular formula is C45H42O11. The van der Waals surface area contributed by atoms with E-state index >= 15 is 0 Å². The average molecular weight is 759 g/mol. The van der Waals surface area contributed by atoms with Gasteiger partial charge in [0.25, 0.3) is 0 Å². The van der Waals surface area contributed by atoms with Crippen LogP contribution in [0.1, 0.15) is 51.3 Å². The van der Waals surface area contributed by atoms with E-state index in [0.29, 0.717) is 0 Å². The van der Waals surface area contributed by atoms with Crippen molar-refractivity contribution >= 4 is 23.9 Å². The standard InChI is InChI=1S/C45H42O11/c1-31(46)51-30-38-39(53-32(2)47)40(55-42(48)33-18-8-3-9-19-33)41(56-43(49)34-20-10-4-11-21-34)44(54-38)50-28-29-52-45(35-22-12-5-13-23-35,36-24-14-6-15-25-36)37-26-16-7-17-27-37/h3-27,38-41,44H,28-30H2,1-2H3/t38-,39-,40+,41+,44+/m1/s1. The second-order valence-corrected chi connectivity index (χ2v) is 12.9. The van der Waals surface area contributed by atoms with Crippen LogP contribution in [0.15, 0.2) is 152 Å². The van der Waals surface area contributed by atoms with E-state index in [0.717, 1.165) is 16.7 Å². The molecule has 5 aromatic carbocycles. The van der Waals surface area contributed by atoms with Gasteiger partial charge in [-0.15, -0.1) is 0 Å². The first kappa shape index (κ1) is 39.6. The van der Waals surface area contributed by atoms with Gasteiger partial charge in [-0.3, -0.25) is 9.59 Å². The molecule has 0 aromatic heterocycles. The van der Waals surface area contributed by atoms with Gasteiger partial charge in [0.15, 0.2) is 24.6 Å². The van der Waals surface area contributed by atoms with Crippen molar-refractivity contribution in [3.8, 4) is 0 Å². The van der Waals surface area contributed by atoms with Gasteiger partial charge in [-0.2, -0.15) is 0 Å². The Labute approximate surface area is 325 Å². The van der Waals surface area contributed by atoms with Gasteiger partial charge in [0.05, 0.1) is 24.3 Å². The number of carbonyl (C=O) groups is 4. The van der Waals surface area contributed by atoms with Crippen molar-refractivity contribution in [3.63, 3.8) is 0 Å². The molecule has 1 saturated heterocycles. The van der Waals surface area contributed by atoms with Gasteiger partial charge in [0.2, 0.25) is 0 Å². The lowest BCUT2D eigenvalue weighted by Crippen LogP contribution is -2.63. The van der Waals surface area contributed by atoms with Crippen molar-refractivity contribution in [2.45, 2.75) is 50.2 Å². The third-order valence-corrected chi connectivity index (χ3v) is 9.07. The molecule has 56 heavy (non-hydrogen) atoms. The van der Waals surface area contributed by atoms with Crippen LogP contribution in [0.3, 0.4) is 0 Å². The first-order chi connectivity index (χ1) is 27.3. The zero-order valence-electron chi connectivity index (χ0n) is 30.9. The van der Waals surface area contributed by atoms with Crippen LogP contribution in [0.2, 0.25) is 0 Å². The normalized spacial score (nSPS) is 19.3. The van der Waals surface area contributed by atoms with E-state index in [9.17, 15) is 19.2 Å². The summed E-state index contributed by atoms with van der Waals surface area (Å²) in [5.74, 6) is -2.94. The maximum Gasteiger partial charge on any atom is 0.338 e. The summed E-state index contributed by atoms with van der Waals surface area (Å²) in [5.41, 5.74) is 1.95. The number of hydrogen-bond acceptors (Lipinski definition) is 11. The van der Waals surface area contributed by atoms with Crippen molar-refractivity contribution in [1.82, 2.24) is 0 Å². The highest BCUT2D eigenvalue weighted by Gasteiger charge is 2.53. The number of carbonyl (C=O) groups excluding carboxylic acids is 4. The second kappa shape index (κ2) is 18.9. The summed E-state index contributed by atoms with van der Waals surface area (Å²) in [7, 11) is 0. The average Bonchev–Trinajstić information content (AvgIpc) is 3.23. The predicted molar refractivity (Wildman–Crippen MR) is 203 cm³/mol. The quantitative estimate of drug-likeness (QED) is 0.0490. The fourth-order valence-electron chi connectivity index (χ4n) is 6.60. The van der Waals surface area contributed by atoms with Crippen molar-refractivity contribution in [3.05, 3.63) is 179 Å². The maximum absolute atomic E-state index is 13.6. The fourth-order valence-corrected chi connectivity index (χ4v) is 6.60. The number of hydrogen-bond donors (Lipinski definition) is 0. The summed E-state index contributed by atoms with van der Waals surface area (Å²) in [6.07, 6.45) is -6.96. The van der Waals surface area contributed by atoms with Crippen LogP contribution in [0, 0.1) is 0 Å². The van der Waals surface area contributed by atoms with Crippen LogP contribution in [0.25, 0.3) is 0 Å². The molecule has 1 aliphatic rings. The van der Waals surface area contributed by atoms with Gasteiger partial charge < -0.3 is 33.2 Å². The van der Waals surface area contributed by atoms with Crippen LogP contribution in [-0.4, -0.2) is 74.4 Å². The Balaban J connectivity index is 1.35. The lowest BCUT2D eigenvalue weighted by molar-refractivity contribution is -0.304. The lowest BCUT2D eigenvalue weighted by Gasteiger charge is -2.44. The number of esters is 4. The molecule has 5 aromatic rings. The van der Waals surface area contributed by atoms with Crippen molar-refractivity contribution in [1.29, 1.82) is 0 Å². The topological polar surface area (TPSA) is 133 Å². The zero-order valence-corrected chi connectivity index (χ0v) is 30.9. The van der Waals surface area contributed by atoms with Crippen molar-refractivity contribution < 1.29 is 52.3 Å².